The molecule has 2 saturated heterocycles. The standard InChI is InChI=1S/C25H32N2O3/c28-24(27-12-3-4-20-9-15-30-19-20)25(10-16-29-17-11-25)18-22-5-1-2-6-23(22)21-7-13-26-14-8-21/h1-2,5-8,13-14,20H,3-4,9-12,15-19H2,(H,27,28). The van der Waals surface area contributed by atoms with Crippen LogP contribution in [0.2, 0.25) is 0 Å². The van der Waals surface area contributed by atoms with E-state index in [-0.39, 0.29) is 5.91 Å². The van der Waals surface area contributed by atoms with E-state index in [9.17, 15) is 4.79 Å². The third-order valence-electron chi connectivity index (χ3n) is 6.57. The number of nitrogens with one attached hydrogen (secondary N) is 1. The monoisotopic (exact) mass is 408 g/mol. The van der Waals surface area contributed by atoms with Crippen LogP contribution in [0.15, 0.2) is 48.8 Å². The largest absolute Gasteiger partial charge is 0.381 e. The van der Waals surface area contributed by atoms with Gasteiger partial charge in [-0.3, -0.25) is 9.78 Å². The summed E-state index contributed by atoms with van der Waals surface area (Å²) in [5.74, 6) is 0.837. The number of benzene rings is 1. The molecule has 1 aromatic heterocycles. The van der Waals surface area contributed by atoms with Crippen molar-refractivity contribution in [1.29, 1.82) is 0 Å². The minimum absolute atomic E-state index is 0.179. The van der Waals surface area contributed by atoms with Gasteiger partial charge in [0.25, 0.3) is 0 Å². The van der Waals surface area contributed by atoms with Crippen LogP contribution in [0, 0.1) is 11.3 Å². The molecule has 3 heterocycles. The molecule has 0 aliphatic carbocycles. The molecule has 2 aliphatic heterocycles. The molecule has 30 heavy (non-hydrogen) atoms. The Labute approximate surface area is 179 Å². The molecule has 4 rings (SSSR count). The van der Waals surface area contributed by atoms with Gasteiger partial charge in [0, 0.05) is 45.4 Å². The molecular formula is C25H32N2O3. The number of carbonyl (C=O) groups is 1. The Kier molecular flexibility index (Phi) is 7.13. The van der Waals surface area contributed by atoms with E-state index in [0.717, 1.165) is 63.8 Å². The van der Waals surface area contributed by atoms with E-state index in [1.807, 2.05) is 24.5 Å². The highest BCUT2D eigenvalue weighted by molar-refractivity contribution is 5.83. The number of amides is 1. The molecule has 5 heteroatoms. The summed E-state index contributed by atoms with van der Waals surface area (Å²) >= 11 is 0. The zero-order chi connectivity index (χ0) is 20.7. The predicted octanol–water partition coefficient (Wildman–Crippen LogP) is 4.02. The van der Waals surface area contributed by atoms with Crippen LogP contribution in [-0.4, -0.2) is 43.9 Å². The fraction of sp³-hybridized carbons (Fsp3) is 0.520. The average Bonchev–Trinajstić information content (AvgIpc) is 3.32. The van der Waals surface area contributed by atoms with Crippen molar-refractivity contribution in [2.75, 3.05) is 33.0 Å². The van der Waals surface area contributed by atoms with E-state index in [1.54, 1.807) is 0 Å². The van der Waals surface area contributed by atoms with E-state index in [0.29, 0.717) is 19.1 Å². The fourth-order valence-corrected chi connectivity index (χ4v) is 4.69. The molecular weight excluding hydrogens is 376 g/mol. The van der Waals surface area contributed by atoms with E-state index in [1.165, 1.54) is 11.1 Å². The Morgan fingerprint density at radius 2 is 1.87 bits per heavy atom. The maximum Gasteiger partial charge on any atom is 0.226 e. The van der Waals surface area contributed by atoms with Gasteiger partial charge in [0.1, 0.15) is 0 Å². The van der Waals surface area contributed by atoms with Gasteiger partial charge in [-0.1, -0.05) is 24.3 Å². The molecule has 0 saturated carbocycles. The van der Waals surface area contributed by atoms with Gasteiger partial charge in [-0.15, -0.1) is 0 Å². The van der Waals surface area contributed by atoms with E-state index in [4.69, 9.17) is 9.47 Å². The van der Waals surface area contributed by atoms with Gasteiger partial charge in [0.05, 0.1) is 5.41 Å². The summed E-state index contributed by atoms with van der Waals surface area (Å²) < 4.78 is 11.1. The highest BCUT2D eigenvalue weighted by Crippen LogP contribution is 2.37. The zero-order valence-corrected chi connectivity index (χ0v) is 17.6. The Morgan fingerprint density at radius 1 is 1.07 bits per heavy atom. The van der Waals surface area contributed by atoms with Crippen LogP contribution >= 0.6 is 0 Å². The first-order valence-electron chi connectivity index (χ1n) is 11.2. The van der Waals surface area contributed by atoms with E-state index >= 15 is 0 Å². The van der Waals surface area contributed by atoms with Crippen LogP contribution < -0.4 is 5.32 Å². The summed E-state index contributed by atoms with van der Waals surface area (Å²) in [5.41, 5.74) is 3.13. The molecule has 1 unspecified atom stereocenters. The summed E-state index contributed by atoms with van der Waals surface area (Å²) in [4.78, 5) is 17.5. The van der Waals surface area contributed by atoms with Gasteiger partial charge in [-0.2, -0.15) is 0 Å². The Balaban J connectivity index is 1.45. The highest BCUT2D eigenvalue weighted by atomic mass is 16.5. The van der Waals surface area contributed by atoms with Crippen molar-refractivity contribution in [1.82, 2.24) is 10.3 Å². The molecule has 1 atom stereocenters. The SMILES string of the molecule is O=C(NCCCC1CCOC1)C1(Cc2ccccc2-c2ccncc2)CCOCC1. The van der Waals surface area contributed by atoms with Gasteiger partial charge in [0.15, 0.2) is 0 Å². The molecule has 1 N–H and O–H groups in total. The van der Waals surface area contributed by atoms with Crippen LogP contribution in [0.5, 0.6) is 0 Å². The smallest absolute Gasteiger partial charge is 0.226 e. The molecule has 1 amide bonds. The number of carbonyl (C=O) groups excluding carboxylic acids is 1. The van der Waals surface area contributed by atoms with Crippen molar-refractivity contribution in [3.63, 3.8) is 0 Å². The highest BCUT2D eigenvalue weighted by Gasteiger charge is 2.40. The number of rotatable bonds is 8. The van der Waals surface area contributed by atoms with Crippen molar-refractivity contribution in [3.05, 3.63) is 54.4 Å². The normalized spacial score (nSPS) is 20.7. The average molecular weight is 409 g/mol. The third kappa shape index (κ3) is 5.08. The van der Waals surface area contributed by atoms with Crippen LogP contribution in [0.3, 0.4) is 0 Å². The second kappa shape index (κ2) is 10.2. The van der Waals surface area contributed by atoms with E-state index in [2.05, 4.69) is 34.6 Å². The molecule has 0 spiro atoms. The van der Waals surface area contributed by atoms with Crippen molar-refractivity contribution in [2.24, 2.45) is 11.3 Å². The summed E-state index contributed by atoms with van der Waals surface area (Å²) in [5, 5.41) is 3.25. The van der Waals surface area contributed by atoms with E-state index < -0.39 is 5.41 Å². The molecule has 0 radical (unpaired) electrons. The maximum absolute atomic E-state index is 13.4. The maximum atomic E-state index is 13.4. The van der Waals surface area contributed by atoms with Crippen LogP contribution in [0.25, 0.3) is 11.1 Å². The summed E-state index contributed by atoms with van der Waals surface area (Å²) in [6.07, 6.45) is 9.19. The van der Waals surface area contributed by atoms with Crippen molar-refractivity contribution in [2.45, 2.75) is 38.5 Å². The van der Waals surface area contributed by atoms with Crippen LogP contribution in [-0.2, 0) is 20.7 Å². The molecule has 2 fully saturated rings. The van der Waals surface area contributed by atoms with Gasteiger partial charge >= 0.3 is 0 Å². The molecule has 0 bridgehead atoms. The quantitative estimate of drug-likeness (QED) is 0.670. The molecule has 2 aliphatic rings. The predicted molar refractivity (Wildman–Crippen MR) is 117 cm³/mol. The van der Waals surface area contributed by atoms with Crippen molar-refractivity contribution < 1.29 is 14.3 Å². The fourth-order valence-electron chi connectivity index (χ4n) is 4.69. The molecule has 160 valence electrons. The lowest BCUT2D eigenvalue weighted by Gasteiger charge is -2.36. The lowest BCUT2D eigenvalue weighted by atomic mass is 9.73. The lowest BCUT2D eigenvalue weighted by Crippen LogP contribution is -2.46. The first kappa shape index (κ1) is 21.0. The first-order valence-corrected chi connectivity index (χ1v) is 11.2. The van der Waals surface area contributed by atoms with Crippen LogP contribution in [0.1, 0.15) is 37.7 Å². The lowest BCUT2D eigenvalue weighted by molar-refractivity contribution is -0.136. The summed E-state index contributed by atoms with van der Waals surface area (Å²) in [6.45, 7) is 3.79. The van der Waals surface area contributed by atoms with Crippen molar-refractivity contribution >= 4 is 5.91 Å². The number of nitrogens with zero attached hydrogens (tertiary/aromatic N) is 1. The van der Waals surface area contributed by atoms with Gasteiger partial charge in [-0.05, 0) is 73.3 Å². The minimum Gasteiger partial charge on any atom is -0.381 e. The third-order valence-corrected chi connectivity index (χ3v) is 6.57. The number of hydrogen-bond donors (Lipinski definition) is 1. The van der Waals surface area contributed by atoms with Gasteiger partial charge in [0.2, 0.25) is 5.91 Å². The first-order chi connectivity index (χ1) is 14.8. The zero-order valence-electron chi connectivity index (χ0n) is 17.6. The summed E-state index contributed by atoms with van der Waals surface area (Å²) in [7, 11) is 0. The number of aromatic nitrogens is 1. The number of ether oxygens (including phenoxy) is 2. The van der Waals surface area contributed by atoms with Crippen molar-refractivity contribution in [3.8, 4) is 11.1 Å². The Bertz CT molecular complexity index is 812. The topological polar surface area (TPSA) is 60.5 Å². The van der Waals surface area contributed by atoms with Gasteiger partial charge < -0.3 is 14.8 Å². The Hall–Kier alpha value is -2.24. The molecule has 2 aromatic rings. The minimum atomic E-state index is -0.405. The summed E-state index contributed by atoms with van der Waals surface area (Å²) in [6, 6.07) is 12.5. The number of hydrogen-bond acceptors (Lipinski definition) is 4. The van der Waals surface area contributed by atoms with Gasteiger partial charge in [-0.25, -0.2) is 0 Å². The number of pyridine rings is 1. The molecule has 5 nitrogen and oxygen atoms in total. The second-order valence-electron chi connectivity index (χ2n) is 8.59. The van der Waals surface area contributed by atoms with Crippen LogP contribution in [0.4, 0.5) is 0 Å². The second-order valence-corrected chi connectivity index (χ2v) is 8.59. The Morgan fingerprint density at radius 3 is 2.63 bits per heavy atom. The molecule has 1 aromatic carbocycles.